The van der Waals surface area contributed by atoms with E-state index >= 15 is 0 Å². The second-order valence-corrected chi connectivity index (χ2v) is 5.58. The van der Waals surface area contributed by atoms with Gasteiger partial charge in [-0.15, -0.1) is 0 Å². The fraction of sp³-hybridized carbons (Fsp3) is 0.500. The van der Waals surface area contributed by atoms with Crippen LogP contribution in [0.3, 0.4) is 0 Å². The van der Waals surface area contributed by atoms with Crippen molar-refractivity contribution in [3.63, 3.8) is 0 Å². The number of amides is 1. The SMILES string of the molecule is Cc1nc(NC(=O)C2(C(F)(F)F)CCNC2)ccc1Br. The number of pyridine rings is 1. The van der Waals surface area contributed by atoms with Crippen molar-refractivity contribution in [1.82, 2.24) is 10.3 Å². The van der Waals surface area contributed by atoms with Crippen LogP contribution in [0.4, 0.5) is 19.0 Å². The lowest BCUT2D eigenvalue weighted by molar-refractivity contribution is -0.213. The second-order valence-electron chi connectivity index (χ2n) is 4.72. The summed E-state index contributed by atoms with van der Waals surface area (Å²) in [6.07, 6.45) is -4.86. The van der Waals surface area contributed by atoms with Gasteiger partial charge in [-0.3, -0.25) is 4.79 Å². The molecule has 1 aliphatic rings. The molecule has 1 aromatic heterocycles. The first kappa shape index (κ1) is 15.2. The first-order valence-corrected chi connectivity index (χ1v) is 6.78. The fourth-order valence-corrected chi connectivity index (χ4v) is 2.33. The quantitative estimate of drug-likeness (QED) is 0.861. The molecule has 2 rings (SSSR count). The average Bonchev–Trinajstić information content (AvgIpc) is 2.84. The fourth-order valence-electron chi connectivity index (χ4n) is 2.11. The number of hydrogen-bond donors (Lipinski definition) is 2. The Balaban J connectivity index is 2.23. The highest BCUT2D eigenvalue weighted by Gasteiger charge is 2.61. The summed E-state index contributed by atoms with van der Waals surface area (Å²) in [4.78, 5) is 16.1. The number of nitrogens with one attached hydrogen (secondary N) is 2. The Kier molecular flexibility index (Phi) is 4.06. The molecule has 1 saturated heterocycles. The summed E-state index contributed by atoms with van der Waals surface area (Å²) in [6.45, 7) is 1.45. The van der Waals surface area contributed by atoms with E-state index in [4.69, 9.17) is 0 Å². The molecule has 2 heterocycles. The molecule has 0 spiro atoms. The Morgan fingerprint density at radius 3 is 2.70 bits per heavy atom. The van der Waals surface area contributed by atoms with Crippen molar-refractivity contribution in [3.05, 3.63) is 22.3 Å². The number of hydrogen-bond acceptors (Lipinski definition) is 3. The van der Waals surface area contributed by atoms with Gasteiger partial charge in [0.2, 0.25) is 5.91 Å². The molecule has 4 nitrogen and oxygen atoms in total. The molecule has 0 saturated carbocycles. The summed E-state index contributed by atoms with van der Waals surface area (Å²) in [7, 11) is 0. The molecular weight excluding hydrogens is 339 g/mol. The van der Waals surface area contributed by atoms with Gasteiger partial charge in [-0.25, -0.2) is 4.98 Å². The third-order valence-corrected chi connectivity index (χ3v) is 4.23. The van der Waals surface area contributed by atoms with Crippen LogP contribution >= 0.6 is 15.9 Å². The molecule has 20 heavy (non-hydrogen) atoms. The largest absolute Gasteiger partial charge is 0.404 e. The van der Waals surface area contributed by atoms with Gasteiger partial charge < -0.3 is 10.6 Å². The molecule has 2 N–H and O–H groups in total. The lowest BCUT2D eigenvalue weighted by Crippen LogP contribution is -2.49. The molecular formula is C12H13BrF3N3O. The van der Waals surface area contributed by atoms with Gasteiger partial charge in [0.25, 0.3) is 0 Å². The minimum atomic E-state index is -4.59. The number of carbonyl (C=O) groups excluding carboxylic acids is 1. The van der Waals surface area contributed by atoms with Crippen LogP contribution in [0, 0.1) is 12.3 Å². The number of nitrogens with zero attached hydrogens (tertiary/aromatic N) is 1. The third-order valence-electron chi connectivity index (χ3n) is 3.40. The van der Waals surface area contributed by atoms with E-state index in [2.05, 4.69) is 31.5 Å². The Hall–Kier alpha value is -1.15. The zero-order valence-electron chi connectivity index (χ0n) is 10.6. The number of halogens is 4. The van der Waals surface area contributed by atoms with Gasteiger partial charge in [-0.05, 0) is 48.0 Å². The Morgan fingerprint density at radius 1 is 1.50 bits per heavy atom. The average molecular weight is 352 g/mol. The molecule has 1 aliphatic heterocycles. The lowest BCUT2D eigenvalue weighted by Gasteiger charge is -2.29. The molecule has 0 radical (unpaired) electrons. The highest BCUT2D eigenvalue weighted by Crippen LogP contribution is 2.43. The predicted octanol–water partition coefficient (Wildman–Crippen LogP) is 2.63. The van der Waals surface area contributed by atoms with Crippen LogP contribution in [0.15, 0.2) is 16.6 Å². The van der Waals surface area contributed by atoms with Gasteiger partial charge in [0.05, 0.1) is 5.69 Å². The minimum absolute atomic E-state index is 0.117. The van der Waals surface area contributed by atoms with E-state index in [1.54, 1.807) is 13.0 Å². The maximum absolute atomic E-state index is 13.2. The first-order valence-electron chi connectivity index (χ1n) is 5.98. The number of alkyl halides is 3. The van der Waals surface area contributed by atoms with Crippen molar-refractivity contribution in [1.29, 1.82) is 0 Å². The van der Waals surface area contributed by atoms with Crippen molar-refractivity contribution in [2.75, 3.05) is 18.4 Å². The molecule has 110 valence electrons. The molecule has 1 aromatic rings. The van der Waals surface area contributed by atoms with Crippen molar-refractivity contribution in [3.8, 4) is 0 Å². The van der Waals surface area contributed by atoms with Gasteiger partial charge >= 0.3 is 6.18 Å². The predicted molar refractivity (Wildman–Crippen MR) is 71.3 cm³/mol. The normalized spacial score (nSPS) is 22.9. The van der Waals surface area contributed by atoms with Crippen LogP contribution < -0.4 is 10.6 Å². The molecule has 0 aromatic carbocycles. The second kappa shape index (κ2) is 5.33. The van der Waals surface area contributed by atoms with Gasteiger partial charge in [0.1, 0.15) is 5.82 Å². The Morgan fingerprint density at radius 2 is 2.20 bits per heavy atom. The van der Waals surface area contributed by atoms with Crippen molar-refractivity contribution >= 4 is 27.7 Å². The third kappa shape index (κ3) is 2.67. The van der Waals surface area contributed by atoms with E-state index in [0.717, 1.165) is 4.47 Å². The van der Waals surface area contributed by atoms with Crippen molar-refractivity contribution in [2.45, 2.75) is 19.5 Å². The number of aryl methyl sites for hydroxylation is 1. The van der Waals surface area contributed by atoms with E-state index in [-0.39, 0.29) is 18.8 Å². The van der Waals surface area contributed by atoms with Gasteiger partial charge in [-0.2, -0.15) is 13.2 Å². The number of carbonyl (C=O) groups is 1. The highest BCUT2D eigenvalue weighted by molar-refractivity contribution is 9.10. The van der Waals surface area contributed by atoms with Gasteiger partial charge in [0, 0.05) is 11.0 Å². The molecule has 0 aliphatic carbocycles. The van der Waals surface area contributed by atoms with E-state index in [1.165, 1.54) is 6.07 Å². The minimum Gasteiger partial charge on any atom is -0.315 e. The van der Waals surface area contributed by atoms with Crippen LogP contribution in [-0.4, -0.2) is 30.2 Å². The Bertz CT molecular complexity index is 527. The summed E-state index contributed by atoms with van der Waals surface area (Å²) in [5.74, 6) is -0.949. The molecule has 1 unspecified atom stereocenters. The molecule has 1 fully saturated rings. The van der Waals surface area contributed by atoms with Crippen LogP contribution in [-0.2, 0) is 4.79 Å². The lowest BCUT2D eigenvalue weighted by atomic mass is 9.85. The summed E-state index contributed by atoms with van der Waals surface area (Å²) >= 11 is 3.24. The van der Waals surface area contributed by atoms with E-state index in [1.807, 2.05) is 0 Å². The van der Waals surface area contributed by atoms with E-state index in [9.17, 15) is 18.0 Å². The molecule has 8 heteroatoms. The van der Waals surface area contributed by atoms with Gasteiger partial charge in [-0.1, -0.05) is 0 Å². The number of aromatic nitrogens is 1. The maximum Gasteiger partial charge on any atom is 0.404 e. The summed E-state index contributed by atoms with van der Waals surface area (Å²) in [6, 6.07) is 3.09. The van der Waals surface area contributed by atoms with Crippen LogP contribution in [0.5, 0.6) is 0 Å². The highest BCUT2D eigenvalue weighted by atomic mass is 79.9. The zero-order chi connectivity index (χ0) is 15.0. The molecule has 1 amide bonds. The van der Waals surface area contributed by atoms with Crippen LogP contribution in [0.2, 0.25) is 0 Å². The molecule has 0 bridgehead atoms. The molecule has 1 atom stereocenters. The number of anilines is 1. The standard InChI is InChI=1S/C12H13BrF3N3O/c1-7-8(13)2-3-9(18-7)19-10(20)11(12(14,15)16)4-5-17-6-11/h2-3,17H,4-6H2,1H3,(H,18,19,20). The van der Waals surface area contributed by atoms with Crippen molar-refractivity contribution < 1.29 is 18.0 Å². The monoisotopic (exact) mass is 351 g/mol. The smallest absolute Gasteiger partial charge is 0.315 e. The number of rotatable bonds is 2. The zero-order valence-corrected chi connectivity index (χ0v) is 12.2. The van der Waals surface area contributed by atoms with E-state index in [0.29, 0.717) is 5.69 Å². The van der Waals surface area contributed by atoms with Crippen LogP contribution in [0.25, 0.3) is 0 Å². The van der Waals surface area contributed by atoms with Gasteiger partial charge in [0.15, 0.2) is 5.41 Å². The summed E-state index contributed by atoms with van der Waals surface area (Å²) in [5, 5.41) is 4.87. The van der Waals surface area contributed by atoms with Crippen LogP contribution in [0.1, 0.15) is 12.1 Å². The summed E-state index contributed by atoms with van der Waals surface area (Å²) in [5.41, 5.74) is -1.79. The van der Waals surface area contributed by atoms with Crippen molar-refractivity contribution in [2.24, 2.45) is 5.41 Å². The van der Waals surface area contributed by atoms with E-state index < -0.39 is 24.0 Å². The maximum atomic E-state index is 13.2. The first-order chi connectivity index (χ1) is 9.26. The Labute approximate surface area is 122 Å². The topological polar surface area (TPSA) is 54.0 Å². The summed E-state index contributed by atoms with van der Waals surface area (Å²) < 4.78 is 40.3.